The fourth-order valence-electron chi connectivity index (χ4n) is 0.883. The van der Waals surface area contributed by atoms with Crippen molar-refractivity contribution in [1.82, 2.24) is 0 Å². The van der Waals surface area contributed by atoms with Gasteiger partial charge in [-0.1, -0.05) is 6.58 Å². The maximum atomic E-state index is 11.1. The molecule has 4 heteroatoms. The molecule has 0 radical (unpaired) electrons. The van der Waals surface area contributed by atoms with Gasteiger partial charge in [-0.15, -0.1) is 0 Å². The number of nitrogens with zero attached hydrogens (tertiary/aromatic N) is 1. The van der Waals surface area contributed by atoms with Crippen LogP contribution in [-0.4, -0.2) is 37.9 Å². The topological polar surface area (TPSA) is 49.4 Å². The van der Waals surface area contributed by atoms with Gasteiger partial charge in [0.25, 0.3) is 0 Å². The average molecular weight is 201 g/mol. The smallest absolute Gasteiger partial charge is 0.333 e. The minimum absolute atomic E-state index is 0.297. The molecule has 0 aromatic carbocycles. The minimum Gasteiger partial charge on any atom is -0.633 e. The first-order chi connectivity index (χ1) is 6.33. The number of hydroxylamine groups is 3. The van der Waals surface area contributed by atoms with Crippen molar-refractivity contribution in [3.63, 3.8) is 0 Å². The largest absolute Gasteiger partial charge is 0.633 e. The summed E-state index contributed by atoms with van der Waals surface area (Å²) in [6.07, 6.45) is 1.49. The van der Waals surface area contributed by atoms with Gasteiger partial charge in [-0.25, -0.2) is 4.79 Å². The van der Waals surface area contributed by atoms with Crippen molar-refractivity contribution >= 4 is 5.97 Å². The zero-order valence-corrected chi connectivity index (χ0v) is 9.21. The van der Waals surface area contributed by atoms with Gasteiger partial charge in [0.05, 0.1) is 27.2 Å². The van der Waals surface area contributed by atoms with E-state index in [1.807, 2.05) is 0 Å². The number of quaternary nitrogens is 1. The maximum absolute atomic E-state index is 11.1. The summed E-state index contributed by atoms with van der Waals surface area (Å²) in [6.45, 7) is 5.99. The second-order valence-electron chi connectivity index (χ2n) is 3.92. The minimum atomic E-state index is -0.360. The third-order valence-corrected chi connectivity index (χ3v) is 1.67. The van der Waals surface area contributed by atoms with Crippen molar-refractivity contribution in [1.29, 1.82) is 0 Å². The molecule has 0 aromatic rings. The number of hydrogen-bond donors (Lipinski definition) is 0. The third-order valence-electron chi connectivity index (χ3n) is 1.67. The Balaban J connectivity index is 3.39. The molecule has 0 atom stereocenters. The van der Waals surface area contributed by atoms with E-state index in [0.717, 1.165) is 12.8 Å². The van der Waals surface area contributed by atoms with E-state index in [0.29, 0.717) is 18.7 Å². The second-order valence-corrected chi connectivity index (χ2v) is 3.92. The molecular weight excluding hydrogens is 182 g/mol. The Hall–Kier alpha value is -0.870. The quantitative estimate of drug-likeness (QED) is 0.215. The summed E-state index contributed by atoms with van der Waals surface area (Å²) in [5, 5.41) is 11.1. The van der Waals surface area contributed by atoms with Crippen LogP contribution in [0.3, 0.4) is 0 Å². The van der Waals surface area contributed by atoms with E-state index < -0.39 is 0 Å². The molecule has 14 heavy (non-hydrogen) atoms. The molecular formula is C10H19NO3. The lowest BCUT2D eigenvalue weighted by atomic mass is 10.3. The van der Waals surface area contributed by atoms with Gasteiger partial charge in [-0.3, -0.25) is 0 Å². The summed E-state index contributed by atoms with van der Waals surface area (Å²) >= 11 is 0. The summed E-state index contributed by atoms with van der Waals surface area (Å²) in [5.74, 6) is -0.360. The summed E-state index contributed by atoms with van der Waals surface area (Å²) in [5.41, 5.74) is 0.407. The van der Waals surface area contributed by atoms with Crippen LogP contribution in [0.2, 0.25) is 0 Å². The zero-order chi connectivity index (χ0) is 11.2. The molecule has 0 aliphatic rings. The Morgan fingerprint density at radius 2 is 2.00 bits per heavy atom. The van der Waals surface area contributed by atoms with Crippen LogP contribution in [0.5, 0.6) is 0 Å². The third kappa shape index (κ3) is 7.76. The van der Waals surface area contributed by atoms with Gasteiger partial charge < -0.3 is 14.6 Å². The van der Waals surface area contributed by atoms with Gasteiger partial charge in [-0.2, -0.15) is 0 Å². The molecule has 0 aliphatic carbocycles. The Morgan fingerprint density at radius 1 is 1.43 bits per heavy atom. The number of unbranched alkanes of at least 4 members (excludes halogenated alkanes) is 1. The number of carbonyl (C=O) groups excluding carboxylic acids is 1. The van der Waals surface area contributed by atoms with Crippen LogP contribution >= 0.6 is 0 Å². The van der Waals surface area contributed by atoms with E-state index in [2.05, 4.69) is 6.58 Å². The molecule has 0 saturated heterocycles. The van der Waals surface area contributed by atoms with Crippen molar-refractivity contribution in [2.24, 2.45) is 0 Å². The van der Waals surface area contributed by atoms with E-state index in [1.165, 1.54) is 0 Å². The molecule has 0 rings (SSSR count). The number of hydrogen-bond acceptors (Lipinski definition) is 3. The highest BCUT2D eigenvalue weighted by Gasteiger charge is 2.04. The average Bonchev–Trinajstić information content (AvgIpc) is 2.01. The molecule has 0 unspecified atom stereocenters. The van der Waals surface area contributed by atoms with Crippen LogP contribution in [0, 0.1) is 5.21 Å². The molecule has 0 bridgehead atoms. The monoisotopic (exact) mass is 201 g/mol. The first-order valence-electron chi connectivity index (χ1n) is 4.69. The van der Waals surface area contributed by atoms with Crippen molar-refractivity contribution in [3.05, 3.63) is 17.4 Å². The Morgan fingerprint density at radius 3 is 2.43 bits per heavy atom. The molecule has 0 aliphatic heterocycles. The van der Waals surface area contributed by atoms with Crippen LogP contribution < -0.4 is 0 Å². The molecule has 0 fully saturated rings. The zero-order valence-electron chi connectivity index (χ0n) is 9.21. The normalized spacial score (nSPS) is 11.1. The highest BCUT2D eigenvalue weighted by molar-refractivity contribution is 5.86. The standard InChI is InChI=1S/C10H19NO3/c1-9(2)10(12)14-8-6-5-7-11(3,4)13/h1,5-8H2,2-4H3. The molecule has 0 N–H and O–H groups in total. The molecule has 0 amide bonds. The Kier molecular flexibility index (Phi) is 5.42. The van der Waals surface area contributed by atoms with E-state index in [9.17, 15) is 10.0 Å². The van der Waals surface area contributed by atoms with Gasteiger partial charge in [0, 0.05) is 12.0 Å². The Labute approximate surface area is 85.3 Å². The van der Waals surface area contributed by atoms with Gasteiger partial charge >= 0.3 is 5.97 Å². The van der Waals surface area contributed by atoms with E-state index in [1.54, 1.807) is 21.0 Å². The van der Waals surface area contributed by atoms with Gasteiger partial charge in [0.1, 0.15) is 0 Å². The van der Waals surface area contributed by atoms with Crippen molar-refractivity contribution in [2.45, 2.75) is 19.8 Å². The first kappa shape index (κ1) is 13.1. The fourth-order valence-corrected chi connectivity index (χ4v) is 0.883. The predicted molar refractivity (Wildman–Crippen MR) is 55.3 cm³/mol. The lowest BCUT2D eigenvalue weighted by Gasteiger charge is -2.33. The SMILES string of the molecule is C=C(C)C(=O)OCCCC[N+](C)(C)[O-]. The summed E-state index contributed by atoms with van der Waals surface area (Å²) < 4.78 is 4.57. The maximum Gasteiger partial charge on any atom is 0.333 e. The molecule has 0 saturated carbocycles. The van der Waals surface area contributed by atoms with Gasteiger partial charge in [0.2, 0.25) is 0 Å². The molecule has 4 nitrogen and oxygen atoms in total. The lowest BCUT2D eigenvalue weighted by molar-refractivity contribution is -0.840. The Bertz CT molecular complexity index is 206. The van der Waals surface area contributed by atoms with Crippen molar-refractivity contribution in [3.8, 4) is 0 Å². The fraction of sp³-hybridized carbons (Fsp3) is 0.700. The van der Waals surface area contributed by atoms with Crippen LogP contribution in [0.1, 0.15) is 19.8 Å². The van der Waals surface area contributed by atoms with E-state index in [4.69, 9.17) is 4.74 Å². The molecule has 0 spiro atoms. The van der Waals surface area contributed by atoms with E-state index >= 15 is 0 Å². The van der Waals surface area contributed by atoms with Crippen LogP contribution in [0.25, 0.3) is 0 Å². The number of carbonyl (C=O) groups is 1. The van der Waals surface area contributed by atoms with E-state index in [-0.39, 0.29) is 10.6 Å². The molecule has 82 valence electrons. The highest BCUT2D eigenvalue weighted by atomic mass is 16.5. The number of rotatable bonds is 6. The van der Waals surface area contributed by atoms with Crippen LogP contribution in [0.15, 0.2) is 12.2 Å². The summed E-state index contributed by atoms with van der Waals surface area (Å²) in [7, 11) is 3.19. The molecule has 0 aromatic heterocycles. The predicted octanol–water partition coefficient (Wildman–Crippen LogP) is 1.46. The summed E-state index contributed by atoms with van der Waals surface area (Å²) in [6, 6.07) is 0. The first-order valence-corrected chi connectivity index (χ1v) is 4.69. The van der Waals surface area contributed by atoms with Crippen LogP contribution in [-0.2, 0) is 9.53 Å². The second kappa shape index (κ2) is 5.78. The lowest BCUT2D eigenvalue weighted by Crippen LogP contribution is -2.33. The van der Waals surface area contributed by atoms with Crippen LogP contribution in [0.4, 0.5) is 0 Å². The van der Waals surface area contributed by atoms with Gasteiger partial charge in [-0.05, 0) is 13.3 Å². The van der Waals surface area contributed by atoms with Gasteiger partial charge in [0.15, 0.2) is 0 Å². The van der Waals surface area contributed by atoms with Crippen molar-refractivity contribution < 1.29 is 14.2 Å². The van der Waals surface area contributed by atoms with Crippen molar-refractivity contribution in [2.75, 3.05) is 27.2 Å². The molecule has 0 heterocycles. The number of ether oxygens (including phenoxy) is 1. The number of esters is 1. The summed E-state index contributed by atoms with van der Waals surface area (Å²) in [4.78, 5) is 10.9. The highest BCUT2D eigenvalue weighted by Crippen LogP contribution is 2.00.